The summed E-state index contributed by atoms with van der Waals surface area (Å²) in [7, 11) is 0. The lowest BCUT2D eigenvalue weighted by Gasteiger charge is -2.27. The van der Waals surface area contributed by atoms with Crippen LogP contribution in [0.15, 0.2) is 200 Å². The Morgan fingerprint density at radius 2 is 0.891 bits per heavy atom. The van der Waals surface area contributed by atoms with Gasteiger partial charge in [0.15, 0.2) is 0 Å². The van der Waals surface area contributed by atoms with E-state index in [-0.39, 0.29) is 0 Å². The molecule has 11 rings (SSSR count). The minimum Gasteiger partial charge on any atom is -0.310 e. The van der Waals surface area contributed by atoms with Gasteiger partial charge in [-0.25, -0.2) is 0 Å². The topological polar surface area (TPSA) is 3.24 Å². The van der Waals surface area contributed by atoms with Gasteiger partial charge in [0.1, 0.15) is 0 Å². The molecule has 0 N–H and O–H groups in total. The molecule has 0 radical (unpaired) electrons. The van der Waals surface area contributed by atoms with Crippen molar-refractivity contribution in [2.24, 2.45) is 0 Å². The number of fused-ring (bicyclic) bond motifs is 7. The first kappa shape index (κ1) is 32.0. The lowest BCUT2D eigenvalue weighted by atomic mass is 9.98. The molecule has 9 aromatic carbocycles. The summed E-state index contributed by atoms with van der Waals surface area (Å²) in [6.45, 7) is 0. The first-order valence-electron chi connectivity index (χ1n) is 18.7. The van der Waals surface area contributed by atoms with Gasteiger partial charge in [-0.3, -0.25) is 0 Å². The Bertz CT molecular complexity index is 3220. The van der Waals surface area contributed by atoms with Gasteiger partial charge in [0, 0.05) is 57.4 Å². The number of rotatable bonds is 6. The predicted octanol–water partition coefficient (Wildman–Crippen LogP) is 16.0. The maximum atomic E-state index is 2.41. The van der Waals surface area contributed by atoms with Crippen LogP contribution in [0.1, 0.15) is 0 Å². The molecule has 0 aliphatic heterocycles. The molecule has 0 saturated heterocycles. The molecule has 0 saturated carbocycles. The summed E-state index contributed by atoms with van der Waals surface area (Å²) in [6, 6.07) is 73.4. The zero-order chi connectivity index (χ0) is 36.3. The van der Waals surface area contributed by atoms with E-state index < -0.39 is 0 Å². The van der Waals surface area contributed by atoms with Crippen molar-refractivity contribution >= 4 is 90.9 Å². The summed E-state index contributed by atoms with van der Waals surface area (Å²) in [5.41, 5.74) is 10.7. The lowest BCUT2D eigenvalue weighted by Crippen LogP contribution is -2.10. The van der Waals surface area contributed by atoms with E-state index in [9.17, 15) is 0 Å². The largest absolute Gasteiger partial charge is 0.310 e. The Morgan fingerprint density at radius 3 is 1.69 bits per heavy atom. The van der Waals surface area contributed by atoms with Crippen molar-refractivity contribution in [3.05, 3.63) is 200 Å². The fraction of sp³-hybridized carbons (Fsp3) is 0. The molecule has 0 amide bonds. The predicted molar refractivity (Wildman–Crippen MR) is 241 cm³/mol. The van der Waals surface area contributed by atoms with Crippen molar-refractivity contribution in [1.29, 1.82) is 0 Å². The highest BCUT2D eigenvalue weighted by Gasteiger charge is 2.18. The molecule has 0 spiro atoms. The third-order valence-electron chi connectivity index (χ3n) is 10.8. The number of nitrogens with zero attached hydrogens (tertiary/aromatic N) is 1. The summed E-state index contributed by atoms with van der Waals surface area (Å²) in [5.74, 6) is 0. The minimum atomic E-state index is 1.11. The normalized spacial score (nSPS) is 11.6. The van der Waals surface area contributed by atoms with Crippen LogP contribution < -0.4 is 4.90 Å². The summed E-state index contributed by atoms with van der Waals surface area (Å²) in [6.07, 6.45) is 0. The van der Waals surface area contributed by atoms with Gasteiger partial charge in [0.05, 0.1) is 0 Å². The van der Waals surface area contributed by atoms with Crippen molar-refractivity contribution in [3.63, 3.8) is 0 Å². The van der Waals surface area contributed by atoms with Gasteiger partial charge in [0.2, 0.25) is 0 Å². The first-order chi connectivity index (χ1) is 27.2. The molecule has 0 bridgehead atoms. The van der Waals surface area contributed by atoms with Crippen molar-refractivity contribution in [1.82, 2.24) is 0 Å². The minimum absolute atomic E-state index is 1.11. The Kier molecular flexibility index (Phi) is 7.61. The zero-order valence-corrected chi connectivity index (χ0v) is 31.4. The third kappa shape index (κ3) is 5.51. The molecule has 3 heteroatoms. The van der Waals surface area contributed by atoms with Crippen LogP contribution in [-0.2, 0) is 0 Å². The molecule has 0 atom stereocenters. The summed E-state index contributed by atoms with van der Waals surface area (Å²) < 4.78 is 5.28. The van der Waals surface area contributed by atoms with Gasteiger partial charge in [-0.05, 0) is 105 Å². The standard InChI is InChI=1S/C52H33NS2/c1-2-12-36-31-37(26-25-34(36)11-1)35-27-29-40(30-28-35)53(41-15-7-13-38(32-41)43-19-10-24-50-51(43)47-18-4-6-23-49(47)54-50)42-16-8-14-39(33-42)44-20-9-21-46-45-17-3-5-22-48(45)55-52(44)46/h1-33H. The highest BCUT2D eigenvalue weighted by molar-refractivity contribution is 7.26. The highest BCUT2D eigenvalue weighted by atomic mass is 32.1. The second-order valence-corrected chi connectivity index (χ2v) is 16.2. The Hall–Kier alpha value is -6.52. The molecule has 0 unspecified atom stereocenters. The maximum Gasteiger partial charge on any atom is 0.0467 e. The fourth-order valence-electron chi connectivity index (χ4n) is 8.23. The highest BCUT2D eigenvalue weighted by Crippen LogP contribution is 2.45. The van der Waals surface area contributed by atoms with Crippen molar-refractivity contribution in [3.8, 4) is 33.4 Å². The number of thiophene rings is 2. The van der Waals surface area contributed by atoms with Gasteiger partial charge >= 0.3 is 0 Å². The van der Waals surface area contributed by atoms with Crippen molar-refractivity contribution in [2.75, 3.05) is 4.90 Å². The van der Waals surface area contributed by atoms with Crippen LogP contribution in [0.3, 0.4) is 0 Å². The van der Waals surface area contributed by atoms with E-state index in [1.165, 1.54) is 84.5 Å². The number of benzene rings is 9. The van der Waals surface area contributed by atoms with Crippen LogP contribution in [0.25, 0.3) is 84.5 Å². The number of anilines is 3. The number of hydrogen-bond acceptors (Lipinski definition) is 3. The van der Waals surface area contributed by atoms with E-state index in [0.29, 0.717) is 0 Å². The molecule has 258 valence electrons. The molecule has 0 aliphatic carbocycles. The Labute approximate surface area is 327 Å². The Morgan fingerprint density at radius 1 is 0.309 bits per heavy atom. The van der Waals surface area contributed by atoms with E-state index >= 15 is 0 Å². The molecule has 55 heavy (non-hydrogen) atoms. The quantitative estimate of drug-likeness (QED) is 0.164. The Balaban J connectivity index is 1.07. The fourth-order valence-corrected chi connectivity index (χ4v) is 10.6. The average Bonchev–Trinajstić information content (AvgIpc) is 3.83. The van der Waals surface area contributed by atoms with E-state index in [1.807, 2.05) is 22.7 Å². The van der Waals surface area contributed by atoms with Crippen LogP contribution in [0.5, 0.6) is 0 Å². The molecular formula is C52H33NS2. The van der Waals surface area contributed by atoms with Crippen LogP contribution in [0.4, 0.5) is 17.1 Å². The monoisotopic (exact) mass is 735 g/mol. The molecule has 2 aromatic heterocycles. The summed E-state index contributed by atoms with van der Waals surface area (Å²) in [4.78, 5) is 2.41. The summed E-state index contributed by atoms with van der Waals surface area (Å²) >= 11 is 3.75. The second-order valence-electron chi connectivity index (χ2n) is 14.1. The molecule has 1 nitrogen and oxygen atoms in total. The molecule has 11 aromatic rings. The third-order valence-corrected chi connectivity index (χ3v) is 13.2. The smallest absolute Gasteiger partial charge is 0.0467 e. The van der Waals surface area contributed by atoms with Crippen LogP contribution >= 0.6 is 22.7 Å². The van der Waals surface area contributed by atoms with E-state index in [0.717, 1.165) is 17.1 Å². The molecular weight excluding hydrogens is 703 g/mol. The molecule has 0 aliphatic rings. The van der Waals surface area contributed by atoms with E-state index in [4.69, 9.17) is 0 Å². The molecule has 2 heterocycles. The van der Waals surface area contributed by atoms with Crippen LogP contribution in [0.2, 0.25) is 0 Å². The number of hydrogen-bond donors (Lipinski definition) is 0. The SMILES string of the molecule is c1cc(-c2cccc3c2sc2ccccc23)cc(N(c2ccc(-c3ccc4ccccc4c3)cc2)c2cccc(-c3cccc4sc5ccccc5c34)c2)c1. The van der Waals surface area contributed by atoms with E-state index in [2.05, 4.69) is 205 Å². The van der Waals surface area contributed by atoms with Gasteiger partial charge in [-0.1, -0.05) is 140 Å². The zero-order valence-electron chi connectivity index (χ0n) is 29.8. The van der Waals surface area contributed by atoms with Gasteiger partial charge < -0.3 is 4.90 Å². The van der Waals surface area contributed by atoms with Gasteiger partial charge in [-0.2, -0.15) is 0 Å². The van der Waals surface area contributed by atoms with Crippen LogP contribution in [-0.4, -0.2) is 0 Å². The first-order valence-corrected chi connectivity index (χ1v) is 20.3. The van der Waals surface area contributed by atoms with Crippen molar-refractivity contribution < 1.29 is 0 Å². The van der Waals surface area contributed by atoms with Crippen molar-refractivity contribution in [2.45, 2.75) is 0 Å². The molecule has 0 fully saturated rings. The average molecular weight is 736 g/mol. The van der Waals surface area contributed by atoms with E-state index in [1.54, 1.807) is 0 Å². The van der Waals surface area contributed by atoms with Gasteiger partial charge in [-0.15, -0.1) is 22.7 Å². The summed E-state index contributed by atoms with van der Waals surface area (Å²) in [5, 5.41) is 7.77. The second kappa shape index (κ2) is 13.1. The van der Waals surface area contributed by atoms with Crippen LogP contribution in [0, 0.1) is 0 Å². The van der Waals surface area contributed by atoms with Gasteiger partial charge in [0.25, 0.3) is 0 Å². The lowest BCUT2D eigenvalue weighted by molar-refractivity contribution is 1.28. The maximum absolute atomic E-state index is 2.41.